The molecule has 1 saturated heterocycles. The number of Topliss-reactive ketones (excluding diaryl/α,β-unsaturated/α-hetero) is 1. The van der Waals surface area contributed by atoms with E-state index < -0.39 is 35.2 Å². The molecule has 0 N–H and O–H groups in total. The normalized spacial score (nSPS) is 23.9. The van der Waals surface area contributed by atoms with Gasteiger partial charge >= 0.3 is 12.1 Å². The molecule has 104 valence electrons. The molecular weight excluding hydrogens is 271 g/mol. The van der Waals surface area contributed by atoms with E-state index in [9.17, 15) is 22.8 Å². The van der Waals surface area contributed by atoms with Gasteiger partial charge < -0.3 is 4.90 Å². The maximum Gasteiger partial charge on any atom is 0.471 e. The van der Waals surface area contributed by atoms with Gasteiger partial charge in [0.25, 0.3) is 0 Å². The predicted octanol–water partition coefficient (Wildman–Crippen LogP) is 2.37. The van der Waals surface area contributed by atoms with E-state index in [0.29, 0.717) is 17.7 Å². The Kier molecular flexibility index (Phi) is 4.30. The smallest absolute Gasteiger partial charge is 0.324 e. The molecule has 1 aliphatic heterocycles. The fourth-order valence-electron chi connectivity index (χ4n) is 2.46. The average Bonchev–Trinajstić information content (AvgIpc) is 2.24. The lowest BCUT2D eigenvalue weighted by Gasteiger charge is -2.45. The monoisotopic (exact) mass is 285 g/mol. The number of hydrogen-bond acceptors (Lipinski definition) is 2. The van der Waals surface area contributed by atoms with Crippen molar-refractivity contribution in [2.24, 2.45) is 5.41 Å². The van der Waals surface area contributed by atoms with Crippen LogP contribution < -0.4 is 0 Å². The molecule has 7 heteroatoms. The van der Waals surface area contributed by atoms with Gasteiger partial charge in [-0.15, -0.1) is 11.6 Å². The standard InChI is InChI=1S/C11H15ClF3NO2/c1-10(2)4-3-5-16(8(10)7(17)6-12)9(18)11(13,14)15/h8H,3-6H2,1-2H3. The molecule has 18 heavy (non-hydrogen) atoms. The summed E-state index contributed by atoms with van der Waals surface area (Å²) >= 11 is 5.43. The van der Waals surface area contributed by atoms with E-state index in [-0.39, 0.29) is 6.54 Å². The lowest BCUT2D eigenvalue weighted by atomic mass is 9.74. The van der Waals surface area contributed by atoms with Crippen LogP contribution in [0.5, 0.6) is 0 Å². The van der Waals surface area contributed by atoms with Gasteiger partial charge in [0.05, 0.1) is 11.9 Å². The van der Waals surface area contributed by atoms with Crippen LogP contribution in [0.4, 0.5) is 13.2 Å². The van der Waals surface area contributed by atoms with Crippen molar-refractivity contribution >= 4 is 23.3 Å². The molecule has 1 unspecified atom stereocenters. The van der Waals surface area contributed by atoms with Gasteiger partial charge in [-0.2, -0.15) is 13.2 Å². The minimum atomic E-state index is -4.96. The van der Waals surface area contributed by atoms with Crippen LogP contribution in [-0.4, -0.2) is 41.2 Å². The maximum atomic E-state index is 12.5. The van der Waals surface area contributed by atoms with E-state index in [2.05, 4.69) is 0 Å². The first-order chi connectivity index (χ1) is 8.11. The number of likely N-dealkylation sites (tertiary alicyclic amines) is 1. The molecule has 0 aliphatic carbocycles. The van der Waals surface area contributed by atoms with Crippen LogP contribution in [0, 0.1) is 5.41 Å². The van der Waals surface area contributed by atoms with E-state index in [1.54, 1.807) is 13.8 Å². The molecule has 0 radical (unpaired) electrons. The molecule has 0 spiro atoms. The maximum absolute atomic E-state index is 12.5. The summed E-state index contributed by atoms with van der Waals surface area (Å²) in [7, 11) is 0. The molecule has 1 fully saturated rings. The number of ketones is 1. The Bertz CT molecular complexity index is 355. The summed E-state index contributed by atoms with van der Waals surface area (Å²) < 4.78 is 37.5. The van der Waals surface area contributed by atoms with Crippen LogP contribution in [0.1, 0.15) is 26.7 Å². The first-order valence-corrected chi connectivity index (χ1v) is 6.11. The van der Waals surface area contributed by atoms with E-state index in [0.717, 1.165) is 0 Å². The highest BCUT2D eigenvalue weighted by Crippen LogP contribution is 2.37. The molecule has 1 amide bonds. The molecule has 0 aromatic heterocycles. The number of amides is 1. The Hall–Kier alpha value is -0.780. The zero-order valence-corrected chi connectivity index (χ0v) is 10.9. The first kappa shape index (κ1) is 15.3. The summed E-state index contributed by atoms with van der Waals surface area (Å²) in [6.07, 6.45) is -3.93. The van der Waals surface area contributed by atoms with Gasteiger partial charge in [-0.1, -0.05) is 13.8 Å². The third-order valence-corrected chi connectivity index (χ3v) is 3.48. The molecule has 1 rings (SSSR count). The second kappa shape index (κ2) is 5.07. The van der Waals surface area contributed by atoms with Crippen molar-refractivity contribution in [1.82, 2.24) is 4.90 Å². The minimum absolute atomic E-state index is 0.0604. The highest BCUT2D eigenvalue weighted by molar-refractivity contribution is 6.28. The van der Waals surface area contributed by atoms with Crippen LogP contribution in [0.25, 0.3) is 0 Å². The lowest BCUT2D eigenvalue weighted by molar-refractivity contribution is -0.192. The van der Waals surface area contributed by atoms with Crippen LogP contribution in [0.2, 0.25) is 0 Å². The Morgan fingerprint density at radius 1 is 1.39 bits per heavy atom. The summed E-state index contributed by atoms with van der Waals surface area (Å²) in [6.45, 7) is 3.30. The van der Waals surface area contributed by atoms with Crippen molar-refractivity contribution in [3.8, 4) is 0 Å². The molecule has 0 aromatic rings. The number of halogens is 4. The second-order valence-electron chi connectivity index (χ2n) is 5.09. The largest absolute Gasteiger partial charge is 0.471 e. The number of nitrogens with zero attached hydrogens (tertiary/aromatic N) is 1. The van der Waals surface area contributed by atoms with E-state index in [1.807, 2.05) is 0 Å². The third kappa shape index (κ3) is 2.96. The molecule has 1 aliphatic rings. The molecule has 1 heterocycles. The Balaban J connectivity index is 3.08. The minimum Gasteiger partial charge on any atom is -0.324 e. The summed E-state index contributed by atoms with van der Waals surface area (Å²) in [5, 5.41) is 0. The van der Waals surface area contributed by atoms with Gasteiger partial charge in [-0.3, -0.25) is 9.59 Å². The molecule has 0 bridgehead atoms. The van der Waals surface area contributed by atoms with Gasteiger partial charge in [-0.05, 0) is 18.3 Å². The number of alkyl halides is 4. The predicted molar refractivity (Wildman–Crippen MR) is 60.3 cm³/mol. The topological polar surface area (TPSA) is 37.4 Å². The number of carbonyl (C=O) groups excluding carboxylic acids is 2. The number of rotatable bonds is 2. The zero-order valence-electron chi connectivity index (χ0n) is 10.2. The molecule has 0 saturated carbocycles. The van der Waals surface area contributed by atoms with E-state index in [4.69, 9.17) is 11.6 Å². The first-order valence-electron chi connectivity index (χ1n) is 5.57. The Morgan fingerprint density at radius 3 is 2.39 bits per heavy atom. The van der Waals surface area contributed by atoms with Crippen molar-refractivity contribution in [2.75, 3.05) is 12.4 Å². The molecule has 1 atom stereocenters. The fraction of sp³-hybridized carbons (Fsp3) is 0.818. The lowest BCUT2D eigenvalue weighted by Crippen LogP contribution is -2.59. The fourth-order valence-corrected chi connectivity index (χ4v) is 2.60. The van der Waals surface area contributed by atoms with Crippen LogP contribution in [0.15, 0.2) is 0 Å². The molecule has 3 nitrogen and oxygen atoms in total. The summed E-state index contributed by atoms with van der Waals surface area (Å²) in [5.41, 5.74) is -0.689. The zero-order chi connectivity index (χ0) is 14.1. The van der Waals surface area contributed by atoms with Crippen molar-refractivity contribution in [1.29, 1.82) is 0 Å². The summed E-state index contributed by atoms with van der Waals surface area (Å²) in [4.78, 5) is 23.7. The van der Waals surface area contributed by atoms with Gasteiger partial charge in [-0.25, -0.2) is 0 Å². The number of hydrogen-bond donors (Lipinski definition) is 0. The average molecular weight is 286 g/mol. The SMILES string of the molecule is CC1(C)CCCN(C(=O)C(F)(F)F)C1C(=O)CCl. The van der Waals surface area contributed by atoms with E-state index >= 15 is 0 Å². The molecule has 0 aromatic carbocycles. The Morgan fingerprint density at radius 2 is 1.94 bits per heavy atom. The summed E-state index contributed by atoms with van der Waals surface area (Å²) in [6, 6.07) is -1.10. The van der Waals surface area contributed by atoms with Crippen molar-refractivity contribution in [2.45, 2.75) is 38.9 Å². The Labute approximate surface area is 108 Å². The van der Waals surface area contributed by atoms with Crippen molar-refractivity contribution in [3.05, 3.63) is 0 Å². The number of piperidine rings is 1. The van der Waals surface area contributed by atoms with Crippen molar-refractivity contribution < 1.29 is 22.8 Å². The van der Waals surface area contributed by atoms with Gasteiger partial charge in [0, 0.05) is 6.54 Å². The van der Waals surface area contributed by atoms with Crippen LogP contribution in [0.3, 0.4) is 0 Å². The summed E-state index contributed by atoms with van der Waals surface area (Å²) in [5.74, 6) is -2.90. The molecular formula is C11H15ClF3NO2. The van der Waals surface area contributed by atoms with Gasteiger partial charge in [0.15, 0.2) is 5.78 Å². The van der Waals surface area contributed by atoms with Crippen LogP contribution >= 0.6 is 11.6 Å². The van der Waals surface area contributed by atoms with Gasteiger partial charge in [0.1, 0.15) is 0 Å². The van der Waals surface area contributed by atoms with Crippen LogP contribution in [-0.2, 0) is 9.59 Å². The van der Waals surface area contributed by atoms with Crippen molar-refractivity contribution in [3.63, 3.8) is 0 Å². The van der Waals surface area contributed by atoms with E-state index in [1.165, 1.54) is 0 Å². The highest BCUT2D eigenvalue weighted by Gasteiger charge is 2.51. The second-order valence-corrected chi connectivity index (χ2v) is 5.36. The third-order valence-electron chi connectivity index (χ3n) is 3.21. The quantitative estimate of drug-likeness (QED) is 0.731. The van der Waals surface area contributed by atoms with Gasteiger partial charge in [0.2, 0.25) is 0 Å². The highest BCUT2D eigenvalue weighted by atomic mass is 35.5. The number of carbonyl (C=O) groups is 2.